The second-order valence-corrected chi connectivity index (χ2v) is 10.9. The Morgan fingerprint density at radius 2 is 2.09 bits per heavy atom. The molecule has 2 aromatic heterocycles. The topological polar surface area (TPSA) is 114 Å². The Morgan fingerprint density at radius 1 is 1.32 bits per heavy atom. The lowest BCUT2D eigenvalue weighted by atomic mass is 9.63. The van der Waals surface area contributed by atoms with Crippen molar-refractivity contribution in [3.8, 4) is 10.4 Å². The van der Waals surface area contributed by atoms with Crippen LogP contribution in [0.4, 0.5) is 16.0 Å². The predicted octanol–water partition coefficient (Wildman–Crippen LogP) is 5.18. The maximum absolute atomic E-state index is 13.6. The molecule has 0 bridgehead atoms. The molecule has 1 fully saturated rings. The number of alkyl halides is 1. The Labute approximate surface area is 202 Å². The second kappa shape index (κ2) is 9.03. The zero-order valence-corrected chi connectivity index (χ0v) is 20.6. The molecule has 3 atom stereocenters. The van der Waals surface area contributed by atoms with E-state index in [1.165, 1.54) is 24.5 Å². The number of halogens is 1. The van der Waals surface area contributed by atoms with Crippen molar-refractivity contribution in [2.45, 2.75) is 58.7 Å². The van der Waals surface area contributed by atoms with Crippen LogP contribution in [0, 0.1) is 18.3 Å². The number of amides is 1. The van der Waals surface area contributed by atoms with Crippen LogP contribution < -0.4 is 11.1 Å². The fraction of sp³-hybridized carbons (Fsp3) is 0.440. The van der Waals surface area contributed by atoms with E-state index in [1.807, 2.05) is 39.0 Å². The van der Waals surface area contributed by atoms with Gasteiger partial charge in [-0.3, -0.25) is 4.79 Å². The first kappa shape index (κ1) is 24.2. The molecule has 1 saturated carbocycles. The molecule has 2 heterocycles. The summed E-state index contributed by atoms with van der Waals surface area (Å²) in [6.07, 6.45) is 3.51. The molecule has 4 N–H and O–H groups in total. The van der Waals surface area contributed by atoms with Gasteiger partial charge in [0.1, 0.15) is 16.8 Å². The number of carbonyl (C=O) groups excluding carboxylic acids is 1. The molecule has 180 valence electrons. The van der Waals surface area contributed by atoms with Gasteiger partial charge in [-0.1, -0.05) is 19.9 Å². The Kier molecular flexibility index (Phi) is 6.44. The van der Waals surface area contributed by atoms with Gasteiger partial charge in [0.15, 0.2) is 0 Å². The molecule has 0 spiro atoms. The van der Waals surface area contributed by atoms with Gasteiger partial charge >= 0.3 is 0 Å². The molecular weight excluding hydrogens is 453 g/mol. The second-order valence-electron chi connectivity index (χ2n) is 9.85. The number of nitrogens with one attached hydrogen (secondary N) is 1. The molecule has 3 aromatic rings. The van der Waals surface area contributed by atoms with Gasteiger partial charge in [-0.05, 0) is 67.9 Å². The fourth-order valence-corrected chi connectivity index (χ4v) is 5.87. The van der Waals surface area contributed by atoms with E-state index in [9.17, 15) is 14.3 Å². The van der Waals surface area contributed by atoms with Crippen molar-refractivity contribution in [1.82, 2.24) is 15.0 Å². The van der Waals surface area contributed by atoms with Crippen LogP contribution in [0.2, 0.25) is 0 Å². The average Bonchev–Trinajstić information content (AvgIpc) is 3.24. The van der Waals surface area contributed by atoms with E-state index in [0.29, 0.717) is 35.9 Å². The predicted molar refractivity (Wildman–Crippen MR) is 131 cm³/mol. The van der Waals surface area contributed by atoms with Crippen LogP contribution >= 0.6 is 11.3 Å². The first-order valence-electron chi connectivity index (χ1n) is 11.3. The molecule has 1 aliphatic rings. The highest BCUT2D eigenvalue weighted by atomic mass is 32.1. The van der Waals surface area contributed by atoms with Crippen molar-refractivity contribution < 1.29 is 14.3 Å². The van der Waals surface area contributed by atoms with Crippen molar-refractivity contribution in [3.63, 3.8) is 0 Å². The van der Waals surface area contributed by atoms with Gasteiger partial charge in [-0.25, -0.2) is 19.3 Å². The lowest BCUT2D eigenvalue weighted by Gasteiger charge is -2.44. The summed E-state index contributed by atoms with van der Waals surface area (Å²) in [5, 5.41) is 15.2. The summed E-state index contributed by atoms with van der Waals surface area (Å²) in [5.74, 6) is -0.257. The van der Waals surface area contributed by atoms with Crippen LogP contribution in [0.15, 0.2) is 36.7 Å². The monoisotopic (exact) mass is 483 g/mol. The normalized spacial score (nSPS) is 22.8. The number of aryl methyl sites for hydroxylation is 1. The van der Waals surface area contributed by atoms with E-state index in [-0.39, 0.29) is 11.8 Å². The van der Waals surface area contributed by atoms with Crippen molar-refractivity contribution in [3.05, 3.63) is 52.9 Å². The number of hydrogen-bond donors (Lipinski definition) is 3. The van der Waals surface area contributed by atoms with Crippen LogP contribution in [0.5, 0.6) is 0 Å². The highest BCUT2D eigenvalue weighted by molar-refractivity contribution is 7.15. The minimum Gasteiger partial charge on any atom is -0.383 e. The summed E-state index contributed by atoms with van der Waals surface area (Å²) in [6.45, 7) is 7.37. The van der Waals surface area contributed by atoms with Crippen LogP contribution in [-0.4, -0.2) is 26.0 Å². The number of hydrogen-bond acceptors (Lipinski definition) is 7. The zero-order chi connectivity index (χ0) is 24.7. The third kappa shape index (κ3) is 4.95. The molecule has 34 heavy (non-hydrogen) atoms. The van der Waals surface area contributed by atoms with Gasteiger partial charge in [0, 0.05) is 24.0 Å². The quantitative estimate of drug-likeness (QED) is 0.445. The summed E-state index contributed by atoms with van der Waals surface area (Å²) in [5.41, 5.74) is 7.13. The molecule has 4 rings (SSSR count). The van der Waals surface area contributed by atoms with E-state index in [0.717, 1.165) is 21.7 Å². The Morgan fingerprint density at radius 3 is 2.76 bits per heavy atom. The highest BCUT2D eigenvalue weighted by Crippen LogP contribution is 2.50. The van der Waals surface area contributed by atoms with Crippen LogP contribution in [0.3, 0.4) is 0 Å². The summed E-state index contributed by atoms with van der Waals surface area (Å²) < 4.78 is 13.6. The summed E-state index contributed by atoms with van der Waals surface area (Å²) >= 11 is 1.45. The zero-order valence-electron chi connectivity index (χ0n) is 19.8. The Hall–Kier alpha value is -2.91. The van der Waals surface area contributed by atoms with Crippen molar-refractivity contribution in [2.24, 2.45) is 17.1 Å². The van der Waals surface area contributed by atoms with Gasteiger partial charge in [-0.2, -0.15) is 0 Å². The highest BCUT2D eigenvalue weighted by Gasteiger charge is 2.48. The first-order valence-corrected chi connectivity index (χ1v) is 12.1. The fourth-order valence-electron chi connectivity index (χ4n) is 4.85. The van der Waals surface area contributed by atoms with Gasteiger partial charge in [0.05, 0.1) is 10.6 Å². The van der Waals surface area contributed by atoms with Crippen molar-refractivity contribution in [2.75, 3.05) is 5.32 Å². The maximum Gasteiger partial charge on any atom is 0.227 e. The number of nitrogens with zero attached hydrogens (tertiary/aromatic N) is 3. The molecule has 0 radical (unpaired) electrons. The van der Waals surface area contributed by atoms with Crippen LogP contribution in [0.1, 0.15) is 62.5 Å². The number of aliphatic hydroxyl groups is 1. The minimum absolute atomic E-state index is 0.265. The minimum atomic E-state index is -1.18. The Bertz CT molecular complexity index is 1210. The first-order chi connectivity index (χ1) is 16.0. The number of nitrogens with two attached hydrogens (primary N) is 1. The summed E-state index contributed by atoms with van der Waals surface area (Å²) in [4.78, 5) is 25.7. The molecule has 0 unspecified atom stereocenters. The third-order valence-electron chi connectivity index (χ3n) is 6.49. The molecule has 1 amide bonds. The number of primary amides is 1. The number of benzene rings is 1. The van der Waals surface area contributed by atoms with E-state index < -0.39 is 17.2 Å². The lowest BCUT2D eigenvalue weighted by Crippen LogP contribution is -2.46. The smallest absolute Gasteiger partial charge is 0.227 e. The van der Waals surface area contributed by atoms with E-state index in [2.05, 4.69) is 20.3 Å². The molecule has 9 heteroatoms. The van der Waals surface area contributed by atoms with E-state index >= 15 is 0 Å². The lowest BCUT2D eigenvalue weighted by molar-refractivity contribution is -0.134. The van der Waals surface area contributed by atoms with Gasteiger partial charge in [0.25, 0.3) is 0 Å². The summed E-state index contributed by atoms with van der Waals surface area (Å²) in [7, 11) is 0. The van der Waals surface area contributed by atoms with Crippen LogP contribution in [0.25, 0.3) is 10.4 Å². The number of thiazole rings is 1. The van der Waals surface area contributed by atoms with Gasteiger partial charge < -0.3 is 16.2 Å². The number of carbonyl (C=O) groups is 1. The third-order valence-corrected chi connectivity index (χ3v) is 7.73. The molecule has 0 aliphatic heterocycles. The molecule has 7 nitrogen and oxygen atoms in total. The number of anilines is 2. The van der Waals surface area contributed by atoms with Crippen LogP contribution in [-0.2, 0) is 10.4 Å². The van der Waals surface area contributed by atoms with Crippen molar-refractivity contribution >= 4 is 28.9 Å². The summed E-state index contributed by atoms with van der Waals surface area (Å²) in [6, 6.07) is 7.51. The number of rotatable bonds is 6. The van der Waals surface area contributed by atoms with E-state index in [1.54, 1.807) is 12.3 Å². The van der Waals surface area contributed by atoms with Gasteiger partial charge in [0.2, 0.25) is 11.9 Å². The SMILES string of the molecule is Cc1cc(Nc2nccc([C@@H](C)F)n2)cc(-c2cnc([C@@]3(O)CC[C@H](C(N)=O)C(C)(C)C3)s2)c1. The van der Waals surface area contributed by atoms with E-state index in [4.69, 9.17) is 5.73 Å². The van der Waals surface area contributed by atoms with Crippen molar-refractivity contribution in [1.29, 1.82) is 0 Å². The average molecular weight is 484 g/mol. The molecule has 0 saturated heterocycles. The standard InChI is InChI=1S/C25H30FN5O2S/c1-14-9-16(11-17(10-14)30-23-28-8-6-19(31-23)15(2)26)20-12-29-22(34-20)25(33)7-5-18(21(27)32)24(3,4)13-25/h6,8-12,15,18,33H,5,7,13H2,1-4H3,(H2,27,32)(H,28,30,31)/t15-,18-,25-/m1/s1. The molecule has 1 aliphatic carbocycles. The molecular formula is C25H30FN5O2S. The maximum atomic E-state index is 13.6. The Balaban J connectivity index is 1.59. The number of aromatic nitrogens is 3. The van der Waals surface area contributed by atoms with Gasteiger partial charge in [-0.15, -0.1) is 11.3 Å². The molecule has 1 aromatic carbocycles. The largest absolute Gasteiger partial charge is 0.383 e.